The van der Waals surface area contributed by atoms with Gasteiger partial charge in [0.15, 0.2) is 0 Å². The molecule has 3 nitrogen and oxygen atoms in total. The summed E-state index contributed by atoms with van der Waals surface area (Å²) in [7, 11) is 0. The predicted molar refractivity (Wildman–Crippen MR) is 305 cm³/mol. The summed E-state index contributed by atoms with van der Waals surface area (Å²) in [6, 6.07) is 60.0. The first kappa shape index (κ1) is 43.0. The Labute approximate surface area is 428 Å². The summed E-state index contributed by atoms with van der Waals surface area (Å²) >= 11 is 0. The number of hydrogen-bond acceptors (Lipinski definition) is 3. The van der Waals surface area contributed by atoms with Gasteiger partial charge in [0.05, 0.1) is 0 Å². The highest BCUT2D eigenvalue weighted by molar-refractivity contribution is 6.16. The van der Waals surface area contributed by atoms with E-state index in [1.165, 1.54) is 116 Å². The Morgan fingerprint density at radius 2 is 0.699 bits per heavy atom. The van der Waals surface area contributed by atoms with Crippen LogP contribution >= 0.6 is 0 Å². The summed E-state index contributed by atoms with van der Waals surface area (Å²) in [6.07, 6.45) is 0. The second-order valence-electron chi connectivity index (χ2n) is 24.9. The van der Waals surface area contributed by atoms with E-state index < -0.39 is 0 Å². The molecule has 0 N–H and O–H groups in total. The molecule has 11 aromatic rings. The van der Waals surface area contributed by atoms with Gasteiger partial charge in [-0.15, -0.1) is 0 Å². The van der Waals surface area contributed by atoms with Gasteiger partial charge in [-0.05, 0) is 185 Å². The van der Waals surface area contributed by atoms with Crippen molar-refractivity contribution >= 4 is 60.9 Å². The van der Waals surface area contributed by atoms with Crippen LogP contribution in [0.5, 0.6) is 0 Å². The highest BCUT2D eigenvalue weighted by Crippen LogP contribution is 2.61. The first-order valence-electron chi connectivity index (χ1n) is 26.3. The van der Waals surface area contributed by atoms with E-state index in [2.05, 4.69) is 239 Å². The first-order chi connectivity index (χ1) is 34.8. The van der Waals surface area contributed by atoms with Gasteiger partial charge >= 0.3 is 0 Å². The summed E-state index contributed by atoms with van der Waals surface area (Å²) in [5, 5.41) is 4.82. The van der Waals surface area contributed by atoms with Crippen LogP contribution in [-0.4, -0.2) is 0 Å². The predicted octanol–water partition coefficient (Wildman–Crippen LogP) is 19.5. The molecule has 4 aliphatic carbocycles. The van der Waals surface area contributed by atoms with Crippen LogP contribution in [0.3, 0.4) is 0 Å². The van der Waals surface area contributed by atoms with E-state index in [1.807, 2.05) is 0 Å². The zero-order valence-electron chi connectivity index (χ0n) is 43.8. The minimum absolute atomic E-state index is 0.0355. The Morgan fingerprint density at radius 3 is 1.14 bits per heavy atom. The van der Waals surface area contributed by atoms with E-state index in [-0.39, 0.29) is 27.1 Å². The van der Waals surface area contributed by atoms with Gasteiger partial charge in [0.2, 0.25) is 0 Å². The molecule has 0 saturated heterocycles. The number of benzene rings is 9. The Hall–Kier alpha value is -7.62. The molecule has 0 saturated carbocycles. The fourth-order valence-electron chi connectivity index (χ4n) is 14.3. The summed E-state index contributed by atoms with van der Waals surface area (Å²) in [4.78, 5) is 2.51. The lowest BCUT2D eigenvalue weighted by atomic mass is 9.79. The number of para-hydroxylation sites is 2. The smallest absolute Gasteiger partial charge is 0.136 e. The van der Waals surface area contributed by atoms with Crippen molar-refractivity contribution in [2.45, 2.75) is 103 Å². The molecule has 15 rings (SSSR count). The van der Waals surface area contributed by atoms with Crippen LogP contribution in [0.25, 0.3) is 88.4 Å². The molecule has 0 radical (unpaired) electrons. The van der Waals surface area contributed by atoms with Crippen molar-refractivity contribution in [2.75, 3.05) is 4.90 Å². The van der Waals surface area contributed by atoms with Crippen molar-refractivity contribution in [3.8, 4) is 44.5 Å². The van der Waals surface area contributed by atoms with Gasteiger partial charge in [0, 0.05) is 60.3 Å². The van der Waals surface area contributed by atoms with E-state index in [9.17, 15) is 0 Å². The molecule has 2 aromatic heterocycles. The van der Waals surface area contributed by atoms with Crippen LogP contribution in [0.1, 0.15) is 126 Å². The van der Waals surface area contributed by atoms with Crippen LogP contribution in [0, 0.1) is 0 Å². The molecule has 3 heteroatoms. The van der Waals surface area contributed by atoms with Crippen LogP contribution in [0.2, 0.25) is 0 Å². The second-order valence-corrected chi connectivity index (χ2v) is 24.9. The molecular weight excluding hydrogens is 887 g/mol. The largest absolute Gasteiger partial charge is 0.456 e. The Kier molecular flexibility index (Phi) is 8.07. The van der Waals surface area contributed by atoms with Crippen LogP contribution < -0.4 is 4.90 Å². The summed E-state index contributed by atoms with van der Waals surface area (Å²) in [6.45, 7) is 26.2. The van der Waals surface area contributed by atoms with Crippen molar-refractivity contribution in [2.24, 2.45) is 0 Å². The van der Waals surface area contributed by atoms with Gasteiger partial charge in [-0.25, -0.2) is 0 Å². The van der Waals surface area contributed by atoms with Gasteiger partial charge in [-0.3, -0.25) is 0 Å². The lowest BCUT2D eigenvalue weighted by Gasteiger charge is -2.30. The second kappa shape index (κ2) is 13.7. The molecule has 9 aromatic carbocycles. The number of nitrogens with zero attached hydrogens (tertiary/aromatic N) is 1. The van der Waals surface area contributed by atoms with E-state index in [4.69, 9.17) is 8.83 Å². The molecule has 0 aliphatic heterocycles. The van der Waals surface area contributed by atoms with Crippen molar-refractivity contribution in [1.82, 2.24) is 0 Å². The number of rotatable bonds is 3. The Bertz CT molecular complexity index is 4040. The topological polar surface area (TPSA) is 29.5 Å². The maximum absolute atomic E-state index is 6.48. The van der Waals surface area contributed by atoms with E-state index >= 15 is 0 Å². The standard InChI is InChI=1S/C70H59NO2/c1-66(2,3)38-20-22-39(23-21-38)71(40-24-26-42-46-34-56-48(36-54(46)69(8,9)52(42)32-40)62-50(67(56,4)5)28-30-60-64(62)44-16-12-14-18-58(44)72-60)41-25-27-43-47-35-57-49(37-55(47)70(10,11)53(43)33-41)63-51(68(57,6)7)29-31-61-65(63)45-17-13-15-19-59(45)73-61/h12-37H,1-11H3. The van der Waals surface area contributed by atoms with E-state index in [0.717, 1.165) is 39.4 Å². The van der Waals surface area contributed by atoms with Crippen molar-refractivity contribution in [3.05, 3.63) is 208 Å². The summed E-state index contributed by atoms with van der Waals surface area (Å²) in [5.41, 5.74) is 29.4. The highest BCUT2D eigenvalue weighted by Gasteiger charge is 2.45. The van der Waals surface area contributed by atoms with Gasteiger partial charge in [0.25, 0.3) is 0 Å². The molecule has 0 unspecified atom stereocenters. The molecular formula is C70H59NO2. The molecule has 73 heavy (non-hydrogen) atoms. The zero-order valence-corrected chi connectivity index (χ0v) is 43.8. The van der Waals surface area contributed by atoms with Gasteiger partial charge < -0.3 is 13.7 Å². The molecule has 356 valence electrons. The minimum Gasteiger partial charge on any atom is -0.456 e. The van der Waals surface area contributed by atoms with Crippen LogP contribution in [-0.2, 0) is 27.1 Å². The Balaban J connectivity index is 0.873. The first-order valence-corrected chi connectivity index (χ1v) is 26.3. The number of anilines is 3. The number of hydrogen-bond donors (Lipinski definition) is 0. The molecule has 0 atom stereocenters. The van der Waals surface area contributed by atoms with Crippen molar-refractivity contribution in [1.29, 1.82) is 0 Å². The molecule has 0 amide bonds. The third-order valence-corrected chi connectivity index (χ3v) is 18.4. The quantitative estimate of drug-likeness (QED) is 0.177. The van der Waals surface area contributed by atoms with Crippen LogP contribution in [0.15, 0.2) is 167 Å². The fourth-order valence-corrected chi connectivity index (χ4v) is 14.3. The van der Waals surface area contributed by atoms with Crippen molar-refractivity contribution < 1.29 is 8.83 Å². The van der Waals surface area contributed by atoms with Gasteiger partial charge in [-0.1, -0.05) is 149 Å². The number of fused-ring (bicyclic) bond motifs is 20. The lowest BCUT2D eigenvalue weighted by Crippen LogP contribution is -2.18. The van der Waals surface area contributed by atoms with E-state index in [0.29, 0.717) is 0 Å². The number of furan rings is 2. The maximum atomic E-state index is 6.48. The minimum atomic E-state index is -0.251. The highest BCUT2D eigenvalue weighted by atomic mass is 16.3. The molecule has 0 spiro atoms. The maximum Gasteiger partial charge on any atom is 0.136 e. The lowest BCUT2D eigenvalue weighted by molar-refractivity contribution is 0.590. The van der Waals surface area contributed by atoms with Gasteiger partial charge in [0.1, 0.15) is 22.3 Å². The average Bonchev–Trinajstić information content (AvgIpc) is 4.17. The van der Waals surface area contributed by atoms with Crippen molar-refractivity contribution in [3.63, 3.8) is 0 Å². The van der Waals surface area contributed by atoms with E-state index in [1.54, 1.807) is 0 Å². The molecule has 0 fully saturated rings. The monoisotopic (exact) mass is 945 g/mol. The molecule has 2 heterocycles. The summed E-state index contributed by atoms with van der Waals surface area (Å²) < 4.78 is 13.0. The average molecular weight is 946 g/mol. The molecule has 0 bridgehead atoms. The Morgan fingerprint density at radius 1 is 0.329 bits per heavy atom. The normalized spacial score (nSPS) is 16.6. The third-order valence-electron chi connectivity index (χ3n) is 18.4. The zero-order chi connectivity index (χ0) is 50.0. The third kappa shape index (κ3) is 5.45. The summed E-state index contributed by atoms with van der Waals surface area (Å²) in [5.74, 6) is 0. The SMILES string of the molecule is CC(C)(C)c1ccc(N(c2ccc3c(c2)C(C)(C)c2cc4c(cc2-3)C(C)(C)c2ccc3oc5ccccc5c3c2-4)c2ccc3c(c2)C(C)(C)c2cc4c(cc2-3)C(C)(C)c2ccc3oc5ccccc5c3c2-4)cc1. The van der Waals surface area contributed by atoms with Crippen LogP contribution in [0.4, 0.5) is 17.1 Å². The molecule has 4 aliphatic rings. The fraction of sp³-hybridized carbons (Fsp3) is 0.229. The van der Waals surface area contributed by atoms with Gasteiger partial charge in [-0.2, -0.15) is 0 Å².